The first-order valence-corrected chi connectivity index (χ1v) is 10.4. The Balaban J connectivity index is 1.50. The Bertz CT molecular complexity index is 957. The number of aryl methyl sites for hydroxylation is 1. The number of benzene rings is 1. The fourth-order valence-corrected chi connectivity index (χ4v) is 5.22. The molecule has 1 aromatic heterocycles. The van der Waals surface area contributed by atoms with Crippen molar-refractivity contribution in [1.29, 1.82) is 0 Å². The average Bonchev–Trinajstić information content (AvgIpc) is 3.02. The number of nitrogens with one attached hydrogen (secondary N) is 2. The number of morpholine rings is 1. The third-order valence-corrected chi connectivity index (χ3v) is 6.66. The van der Waals surface area contributed by atoms with Gasteiger partial charge < -0.3 is 15.0 Å². The fraction of sp³-hybridized carbons (Fsp3) is 0.571. The van der Waals surface area contributed by atoms with Crippen molar-refractivity contribution in [3.05, 3.63) is 23.9 Å². The van der Waals surface area contributed by atoms with Crippen molar-refractivity contribution in [3.8, 4) is 0 Å². The molecule has 8 nitrogen and oxygen atoms in total. The molecular formula is C21H27N5O3. The Kier molecular flexibility index (Phi) is 4.55. The van der Waals surface area contributed by atoms with Crippen LogP contribution in [-0.4, -0.2) is 60.0 Å². The standard InChI is InChI=1S/C21H27N5O3/c1-22-12-7-14-10-29-11-15(8-12)26(14)13-3-4-16-18(9-13)25(2)24-20(16)17-5-6-19(27)23-21(17)28/h3-4,9,12,14-15,17,22H,5-8,10-11H2,1-2H3,(H,23,27,28). The first kappa shape index (κ1) is 18.6. The molecule has 2 amide bonds. The molecular weight excluding hydrogens is 370 g/mol. The monoisotopic (exact) mass is 397 g/mol. The zero-order chi connectivity index (χ0) is 20.1. The molecule has 2 N–H and O–H groups in total. The highest BCUT2D eigenvalue weighted by Gasteiger charge is 2.39. The van der Waals surface area contributed by atoms with E-state index in [1.807, 2.05) is 18.8 Å². The summed E-state index contributed by atoms with van der Waals surface area (Å²) in [7, 11) is 3.95. The number of nitrogens with zero attached hydrogens (tertiary/aromatic N) is 3. The van der Waals surface area contributed by atoms with E-state index in [1.54, 1.807) is 0 Å². The minimum atomic E-state index is -0.374. The van der Waals surface area contributed by atoms with Gasteiger partial charge in [0.2, 0.25) is 11.8 Å². The number of hydrogen-bond donors (Lipinski definition) is 2. The number of carbonyl (C=O) groups excluding carboxylic acids is 2. The van der Waals surface area contributed by atoms with Crippen LogP contribution in [0.1, 0.15) is 37.3 Å². The van der Waals surface area contributed by atoms with Crippen LogP contribution in [0.25, 0.3) is 10.9 Å². The van der Waals surface area contributed by atoms with Crippen molar-refractivity contribution in [3.63, 3.8) is 0 Å². The van der Waals surface area contributed by atoms with Crippen molar-refractivity contribution < 1.29 is 14.3 Å². The minimum Gasteiger partial charge on any atom is -0.377 e. The Morgan fingerprint density at radius 2 is 1.97 bits per heavy atom. The van der Waals surface area contributed by atoms with Crippen LogP contribution in [0.2, 0.25) is 0 Å². The third kappa shape index (κ3) is 3.11. The summed E-state index contributed by atoms with van der Waals surface area (Å²) in [6.45, 7) is 1.50. The zero-order valence-corrected chi connectivity index (χ0v) is 16.9. The number of piperidine rings is 2. The Morgan fingerprint density at radius 3 is 2.66 bits per heavy atom. The van der Waals surface area contributed by atoms with E-state index in [4.69, 9.17) is 4.74 Å². The molecule has 3 aliphatic rings. The van der Waals surface area contributed by atoms with Gasteiger partial charge in [-0.25, -0.2) is 0 Å². The largest absolute Gasteiger partial charge is 0.377 e. The number of rotatable bonds is 3. The molecule has 154 valence electrons. The van der Waals surface area contributed by atoms with Crippen molar-refractivity contribution in [1.82, 2.24) is 20.4 Å². The number of amides is 2. The van der Waals surface area contributed by atoms with E-state index >= 15 is 0 Å². The molecule has 8 heteroatoms. The molecule has 3 saturated heterocycles. The van der Waals surface area contributed by atoms with Gasteiger partial charge in [-0.2, -0.15) is 5.10 Å². The van der Waals surface area contributed by atoms with Gasteiger partial charge in [0.1, 0.15) is 0 Å². The molecule has 2 bridgehead atoms. The van der Waals surface area contributed by atoms with E-state index in [2.05, 4.69) is 38.8 Å². The van der Waals surface area contributed by atoms with Gasteiger partial charge in [0.25, 0.3) is 0 Å². The normalized spacial score (nSPS) is 29.9. The molecule has 3 fully saturated rings. The predicted molar refractivity (Wildman–Crippen MR) is 109 cm³/mol. The molecule has 4 heterocycles. The second-order valence-corrected chi connectivity index (χ2v) is 8.42. The topological polar surface area (TPSA) is 88.5 Å². The summed E-state index contributed by atoms with van der Waals surface area (Å²) in [5, 5.41) is 11.5. The number of ether oxygens (including phenoxy) is 1. The van der Waals surface area contributed by atoms with Crippen LogP contribution in [-0.2, 0) is 21.4 Å². The fourth-order valence-electron chi connectivity index (χ4n) is 5.22. The van der Waals surface area contributed by atoms with Crippen LogP contribution in [0.4, 0.5) is 5.69 Å². The van der Waals surface area contributed by atoms with Crippen LogP contribution in [0.15, 0.2) is 18.2 Å². The molecule has 0 saturated carbocycles. The van der Waals surface area contributed by atoms with Crippen LogP contribution < -0.4 is 15.5 Å². The molecule has 0 spiro atoms. The van der Waals surface area contributed by atoms with Gasteiger partial charge in [0.15, 0.2) is 0 Å². The lowest BCUT2D eigenvalue weighted by atomic mass is 9.89. The molecule has 1 aromatic carbocycles. The van der Waals surface area contributed by atoms with Gasteiger partial charge in [-0.3, -0.25) is 19.6 Å². The summed E-state index contributed by atoms with van der Waals surface area (Å²) >= 11 is 0. The van der Waals surface area contributed by atoms with E-state index in [0.29, 0.717) is 31.0 Å². The summed E-state index contributed by atoms with van der Waals surface area (Å²) < 4.78 is 7.69. The first-order chi connectivity index (χ1) is 14.0. The smallest absolute Gasteiger partial charge is 0.235 e. The van der Waals surface area contributed by atoms with E-state index in [0.717, 1.165) is 42.7 Å². The van der Waals surface area contributed by atoms with Crippen molar-refractivity contribution in [2.24, 2.45) is 7.05 Å². The maximum atomic E-state index is 12.4. The maximum Gasteiger partial charge on any atom is 0.235 e. The van der Waals surface area contributed by atoms with E-state index in [9.17, 15) is 9.59 Å². The lowest BCUT2D eigenvalue weighted by Crippen LogP contribution is -2.60. The van der Waals surface area contributed by atoms with Crippen LogP contribution in [0.3, 0.4) is 0 Å². The lowest BCUT2D eigenvalue weighted by Gasteiger charge is -2.49. The number of anilines is 1. The second kappa shape index (κ2) is 7.11. The van der Waals surface area contributed by atoms with Gasteiger partial charge in [0, 0.05) is 30.6 Å². The van der Waals surface area contributed by atoms with Gasteiger partial charge in [0.05, 0.1) is 42.4 Å². The number of fused-ring (bicyclic) bond motifs is 3. The Labute approximate surface area is 169 Å². The molecule has 3 atom stereocenters. The predicted octanol–water partition coefficient (Wildman–Crippen LogP) is 1.05. The van der Waals surface area contributed by atoms with E-state index in [-0.39, 0.29) is 17.7 Å². The molecule has 3 aliphatic heterocycles. The lowest BCUT2D eigenvalue weighted by molar-refractivity contribution is -0.134. The van der Waals surface area contributed by atoms with Crippen LogP contribution in [0, 0.1) is 0 Å². The van der Waals surface area contributed by atoms with Gasteiger partial charge in [-0.1, -0.05) is 0 Å². The molecule has 3 unspecified atom stereocenters. The van der Waals surface area contributed by atoms with Gasteiger partial charge in [-0.05, 0) is 44.5 Å². The summed E-state index contributed by atoms with van der Waals surface area (Å²) in [5.74, 6) is -0.819. The SMILES string of the molecule is CNC1CC2COCC(C1)N2c1ccc2c(C3CCC(=O)NC3=O)nn(C)c2c1. The Morgan fingerprint density at radius 1 is 1.21 bits per heavy atom. The summed E-state index contributed by atoms with van der Waals surface area (Å²) in [6, 6.07) is 7.66. The number of aromatic nitrogens is 2. The maximum absolute atomic E-state index is 12.4. The average molecular weight is 397 g/mol. The summed E-state index contributed by atoms with van der Waals surface area (Å²) in [4.78, 5) is 26.4. The molecule has 5 rings (SSSR count). The third-order valence-electron chi connectivity index (χ3n) is 6.66. The van der Waals surface area contributed by atoms with Crippen LogP contribution >= 0.6 is 0 Å². The molecule has 0 aliphatic carbocycles. The van der Waals surface area contributed by atoms with Crippen molar-refractivity contribution >= 4 is 28.4 Å². The van der Waals surface area contributed by atoms with E-state index < -0.39 is 0 Å². The minimum absolute atomic E-state index is 0.201. The first-order valence-electron chi connectivity index (χ1n) is 10.4. The molecule has 29 heavy (non-hydrogen) atoms. The summed E-state index contributed by atoms with van der Waals surface area (Å²) in [6.07, 6.45) is 3.00. The zero-order valence-electron chi connectivity index (χ0n) is 16.9. The Hall–Kier alpha value is -2.45. The summed E-state index contributed by atoms with van der Waals surface area (Å²) in [5.41, 5.74) is 2.96. The quantitative estimate of drug-likeness (QED) is 0.753. The van der Waals surface area contributed by atoms with Gasteiger partial charge in [-0.15, -0.1) is 0 Å². The highest BCUT2D eigenvalue weighted by Crippen LogP contribution is 2.36. The van der Waals surface area contributed by atoms with Crippen molar-refractivity contribution in [2.75, 3.05) is 25.2 Å². The highest BCUT2D eigenvalue weighted by molar-refractivity contribution is 6.02. The van der Waals surface area contributed by atoms with E-state index in [1.165, 1.54) is 5.69 Å². The number of imide groups is 1. The van der Waals surface area contributed by atoms with Crippen LogP contribution in [0.5, 0.6) is 0 Å². The number of carbonyl (C=O) groups is 2. The number of hydrogen-bond acceptors (Lipinski definition) is 6. The highest BCUT2D eigenvalue weighted by atomic mass is 16.5. The molecule has 0 radical (unpaired) electrons. The molecule has 2 aromatic rings. The van der Waals surface area contributed by atoms with Crippen molar-refractivity contribution in [2.45, 2.75) is 49.7 Å². The second-order valence-electron chi connectivity index (χ2n) is 8.42. The van der Waals surface area contributed by atoms with Gasteiger partial charge >= 0.3 is 0 Å².